The van der Waals surface area contributed by atoms with Gasteiger partial charge < -0.3 is 19.5 Å². The van der Waals surface area contributed by atoms with Crippen molar-refractivity contribution in [2.75, 3.05) is 26.1 Å². The number of methoxy groups -OCH3 is 2. The highest BCUT2D eigenvalue weighted by Gasteiger charge is 2.07. The van der Waals surface area contributed by atoms with Crippen LogP contribution in [-0.2, 0) is 9.59 Å². The summed E-state index contributed by atoms with van der Waals surface area (Å²) >= 11 is 0. The Morgan fingerprint density at radius 3 is 2.31 bits per heavy atom. The van der Waals surface area contributed by atoms with Crippen LogP contribution in [-0.4, -0.2) is 38.9 Å². The zero-order valence-corrected chi connectivity index (χ0v) is 16.7. The summed E-state index contributed by atoms with van der Waals surface area (Å²) in [5.74, 6) is 1.29. The lowest BCUT2D eigenvalue weighted by molar-refractivity contribution is -0.124. The minimum atomic E-state index is -0.358. The van der Waals surface area contributed by atoms with Crippen molar-refractivity contribution in [3.63, 3.8) is 0 Å². The molecule has 29 heavy (non-hydrogen) atoms. The van der Waals surface area contributed by atoms with E-state index >= 15 is 0 Å². The van der Waals surface area contributed by atoms with Crippen molar-refractivity contribution in [1.82, 2.24) is 5.43 Å². The first-order valence-electron chi connectivity index (χ1n) is 9.12. The molecule has 8 heteroatoms. The number of anilines is 1. The molecule has 0 fully saturated rings. The number of benzene rings is 2. The minimum absolute atomic E-state index is 0.0200. The molecule has 0 aliphatic rings. The number of nitrogens with one attached hydrogen (secondary N) is 2. The van der Waals surface area contributed by atoms with Crippen LogP contribution >= 0.6 is 0 Å². The van der Waals surface area contributed by atoms with E-state index in [-0.39, 0.29) is 24.7 Å². The third-order valence-corrected chi connectivity index (χ3v) is 3.84. The summed E-state index contributed by atoms with van der Waals surface area (Å²) in [6, 6.07) is 12.3. The summed E-state index contributed by atoms with van der Waals surface area (Å²) in [6.45, 7) is 2.48. The third-order valence-electron chi connectivity index (χ3n) is 3.84. The van der Waals surface area contributed by atoms with Crippen LogP contribution in [0.15, 0.2) is 47.6 Å². The second kappa shape index (κ2) is 11.3. The molecule has 0 saturated heterocycles. The highest BCUT2D eigenvalue weighted by Crippen LogP contribution is 2.26. The summed E-state index contributed by atoms with van der Waals surface area (Å²) in [4.78, 5) is 23.8. The van der Waals surface area contributed by atoms with Crippen LogP contribution in [0, 0.1) is 0 Å². The molecular formula is C21H25N3O5. The number of carbonyl (C=O) groups is 2. The summed E-state index contributed by atoms with van der Waals surface area (Å²) in [5, 5.41) is 6.63. The molecule has 0 heterocycles. The van der Waals surface area contributed by atoms with E-state index in [2.05, 4.69) is 15.8 Å². The van der Waals surface area contributed by atoms with Crippen molar-refractivity contribution in [3.8, 4) is 17.2 Å². The number of ether oxygens (including phenoxy) is 3. The molecule has 0 atom stereocenters. The van der Waals surface area contributed by atoms with Crippen LogP contribution in [0.5, 0.6) is 17.2 Å². The van der Waals surface area contributed by atoms with Gasteiger partial charge in [-0.05, 0) is 55.0 Å². The fourth-order valence-electron chi connectivity index (χ4n) is 2.42. The van der Waals surface area contributed by atoms with Crippen molar-refractivity contribution in [2.24, 2.45) is 5.10 Å². The van der Waals surface area contributed by atoms with E-state index in [1.165, 1.54) is 6.21 Å². The maximum absolute atomic E-state index is 12.0. The number of rotatable bonds is 10. The Morgan fingerprint density at radius 1 is 0.966 bits per heavy atom. The van der Waals surface area contributed by atoms with Gasteiger partial charge in [-0.3, -0.25) is 9.59 Å². The molecule has 0 radical (unpaired) electrons. The molecule has 0 bridgehead atoms. The molecule has 2 aromatic rings. The average molecular weight is 399 g/mol. The molecule has 2 aromatic carbocycles. The lowest BCUT2D eigenvalue weighted by Gasteiger charge is -2.07. The maximum atomic E-state index is 12.0. The topological polar surface area (TPSA) is 98.2 Å². The van der Waals surface area contributed by atoms with E-state index in [1.807, 2.05) is 6.92 Å². The number of hydrogen-bond acceptors (Lipinski definition) is 6. The van der Waals surface area contributed by atoms with Gasteiger partial charge >= 0.3 is 0 Å². The Hall–Kier alpha value is -3.55. The monoisotopic (exact) mass is 399 g/mol. The van der Waals surface area contributed by atoms with E-state index in [1.54, 1.807) is 56.7 Å². The predicted molar refractivity (Wildman–Crippen MR) is 111 cm³/mol. The molecule has 2 N–H and O–H groups in total. The largest absolute Gasteiger partial charge is 0.494 e. The molecule has 2 amide bonds. The highest BCUT2D eigenvalue weighted by molar-refractivity contribution is 5.93. The van der Waals surface area contributed by atoms with Gasteiger partial charge in [0.05, 0.1) is 27.0 Å². The molecule has 0 saturated carbocycles. The molecule has 154 valence electrons. The first-order chi connectivity index (χ1) is 14.0. The highest BCUT2D eigenvalue weighted by atomic mass is 16.5. The fraction of sp³-hybridized carbons (Fsp3) is 0.286. The second-order valence-corrected chi connectivity index (χ2v) is 5.91. The van der Waals surface area contributed by atoms with Crippen LogP contribution in [0.4, 0.5) is 5.69 Å². The van der Waals surface area contributed by atoms with Gasteiger partial charge in [0.25, 0.3) is 0 Å². The maximum Gasteiger partial charge on any atom is 0.240 e. The molecule has 0 spiro atoms. The van der Waals surface area contributed by atoms with Crippen molar-refractivity contribution in [3.05, 3.63) is 48.0 Å². The van der Waals surface area contributed by atoms with Gasteiger partial charge in [0.1, 0.15) is 5.75 Å². The standard InChI is InChI=1S/C21H25N3O5/c1-4-29-17-8-6-16(7-9-17)23-20(25)11-12-21(26)24-22-14-15-5-10-18(27-2)19(13-15)28-3/h5-10,13-14H,4,11-12H2,1-3H3,(H,23,25)(H,24,26)/b22-14+. The lowest BCUT2D eigenvalue weighted by atomic mass is 10.2. The van der Waals surface area contributed by atoms with Crippen LogP contribution in [0.1, 0.15) is 25.3 Å². The number of hydrazone groups is 1. The van der Waals surface area contributed by atoms with Gasteiger partial charge in [-0.25, -0.2) is 5.43 Å². The quantitative estimate of drug-likeness (QED) is 0.473. The van der Waals surface area contributed by atoms with Crippen LogP contribution in [0.3, 0.4) is 0 Å². The SMILES string of the molecule is CCOc1ccc(NC(=O)CCC(=O)N/N=C/c2ccc(OC)c(OC)c2)cc1. The van der Waals surface area contributed by atoms with Gasteiger partial charge in [-0.2, -0.15) is 5.10 Å². The Bertz CT molecular complexity index is 850. The molecule has 0 unspecified atom stereocenters. The number of hydrogen-bond donors (Lipinski definition) is 2. The normalized spacial score (nSPS) is 10.4. The van der Waals surface area contributed by atoms with Crippen LogP contribution < -0.4 is 25.0 Å². The Kier molecular flexibility index (Phi) is 8.50. The number of carbonyl (C=O) groups excluding carboxylic acids is 2. The molecule has 2 rings (SSSR count). The van der Waals surface area contributed by atoms with Crippen molar-refractivity contribution in [1.29, 1.82) is 0 Å². The molecular weight excluding hydrogens is 374 g/mol. The zero-order chi connectivity index (χ0) is 21.1. The zero-order valence-electron chi connectivity index (χ0n) is 16.7. The van der Waals surface area contributed by atoms with E-state index < -0.39 is 0 Å². The van der Waals surface area contributed by atoms with Crippen LogP contribution in [0.2, 0.25) is 0 Å². The summed E-state index contributed by atoms with van der Waals surface area (Å²) < 4.78 is 15.7. The third kappa shape index (κ3) is 7.17. The first kappa shape index (κ1) is 21.7. The Morgan fingerprint density at radius 2 is 1.66 bits per heavy atom. The first-order valence-corrected chi connectivity index (χ1v) is 9.12. The van der Waals surface area contributed by atoms with E-state index in [0.717, 1.165) is 11.3 Å². The summed E-state index contributed by atoms with van der Waals surface area (Å²) in [6.07, 6.45) is 1.55. The molecule has 0 aromatic heterocycles. The number of nitrogens with zero attached hydrogens (tertiary/aromatic N) is 1. The van der Waals surface area contributed by atoms with Gasteiger partial charge in [-0.1, -0.05) is 0 Å². The van der Waals surface area contributed by atoms with Crippen molar-refractivity contribution in [2.45, 2.75) is 19.8 Å². The van der Waals surface area contributed by atoms with E-state index in [0.29, 0.717) is 23.8 Å². The average Bonchev–Trinajstić information content (AvgIpc) is 2.73. The lowest BCUT2D eigenvalue weighted by Crippen LogP contribution is -2.20. The minimum Gasteiger partial charge on any atom is -0.494 e. The molecule has 0 aliphatic carbocycles. The van der Waals surface area contributed by atoms with Crippen molar-refractivity contribution >= 4 is 23.7 Å². The second-order valence-electron chi connectivity index (χ2n) is 5.91. The summed E-state index contributed by atoms with van der Waals surface area (Å²) in [7, 11) is 3.09. The van der Waals surface area contributed by atoms with Gasteiger partial charge in [-0.15, -0.1) is 0 Å². The smallest absolute Gasteiger partial charge is 0.240 e. The van der Waals surface area contributed by atoms with Gasteiger partial charge in [0, 0.05) is 18.5 Å². The Balaban J connectivity index is 1.76. The van der Waals surface area contributed by atoms with E-state index in [4.69, 9.17) is 14.2 Å². The molecule has 8 nitrogen and oxygen atoms in total. The summed E-state index contributed by atoms with van der Waals surface area (Å²) in [5.41, 5.74) is 3.78. The van der Waals surface area contributed by atoms with Gasteiger partial charge in [0.15, 0.2) is 11.5 Å². The fourth-order valence-corrected chi connectivity index (χ4v) is 2.42. The Labute approximate surface area is 169 Å². The predicted octanol–water partition coefficient (Wildman–Crippen LogP) is 2.97. The number of amides is 2. The van der Waals surface area contributed by atoms with Gasteiger partial charge in [0.2, 0.25) is 11.8 Å². The van der Waals surface area contributed by atoms with Crippen molar-refractivity contribution < 1.29 is 23.8 Å². The molecule has 0 aliphatic heterocycles. The van der Waals surface area contributed by atoms with E-state index in [9.17, 15) is 9.59 Å². The van der Waals surface area contributed by atoms with Crippen LogP contribution in [0.25, 0.3) is 0 Å².